The maximum absolute atomic E-state index is 13.3. The maximum atomic E-state index is 13.3. The number of hydrogen-bond donors (Lipinski definition) is 2. The van der Waals surface area contributed by atoms with Gasteiger partial charge in [0.25, 0.3) is 10.2 Å². The zero-order valence-corrected chi connectivity index (χ0v) is 18.6. The number of likely N-dealkylation sites (N-methyl/N-ethyl adjacent to an activating group) is 1. The molecule has 1 aliphatic heterocycles. The largest absolute Gasteiger partial charge is 0.325 e. The summed E-state index contributed by atoms with van der Waals surface area (Å²) < 4.78 is 42.1. The number of rotatable bonds is 4. The van der Waals surface area contributed by atoms with Crippen LogP contribution in [0.3, 0.4) is 0 Å². The van der Waals surface area contributed by atoms with E-state index in [0.717, 1.165) is 20.1 Å². The van der Waals surface area contributed by atoms with Crippen molar-refractivity contribution in [3.63, 3.8) is 0 Å². The molecule has 30 heavy (non-hydrogen) atoms. The summed E-state index contributed by atoms with van der Waals surface area (Å²) in [6.45, 7) is 0. The van der Waals surface area contributed by atoms with Crippen molar-refractivity contribution < 1.29 is 17.6 Å². The van der Waals surface area contributed by atoms with Crippen molar-refractivity contribution in [2.45, 2.75) is 18.5 Å². The topological polar surface area (TPSA) is 104 Å². The number of anilines is 1. The summed E-state index contributed by atoms with van der Waals surface area (Å²) in [7, 11) is -2.59. The van der Waals surface area contributed by atoms with Crippen molar-refractivity contribution in [3.8, 4) is 9.75 Å². The van der Waals surface area contributed by atoms with E-state index in [9.17, 15) is 17.6 Å². The van der Waals surface area contributed by atoms with E-state index < -0.39 is 34.0 Å². The molecule has 4 rings (SSSR count). The summed E-state index contributed by atoms with van der Waals surface area (Å²) in [4.78, 5) is 23.0. The molecule has 0 bridgehead atoms. The maximum Gasteiger partial charge on any atom is 0.280 e. The smallest absolute Gasteiger partial charge is 0.280 e. The second-order valence-electron chi connectivity index (χ2n) is 6.49. The van der Waals surface area contributed by atoms with Gasteiger partial charge in [0.05, 0.1) is 26.3 Å². The van der Waals surface area contributed by atoms with Crippen molar-refractivity contribution in [2.75, 3.05) is 12.4 Å². The zero-order chi connectivity index (χ0) is 21.5. The fourth-order valence-electron chi connectivity index (χ4n) is 2.97. The standard InChI is InChI=1S/C17H15ClFN5O3S3/c1-24-13(16(25)22-9-2-3-11(19)10(18)4-9)5-12(23-30(24,26)27)17-21-7-15(29-17)14-6-20-8-28-14/h2-4,6-8,12-13,23H,5H2,1H3,(H,22,25). The van der Waals surface area contributed by atoms with Crippen molar-refractivity contribution in [1.82, 2.24) is 19.0 Å². The van der Waals surface area contributed by atoms with Crippen molar-refractivity contribution in [2.24, 2.45) is 0 Å². The van der Waals surface area contributed by atoms with E-state index in [-0.39, 0.29) is 17.1 Å². The number of aromatic nitrogens is 2. The van der Waals surface area contributed by atoms with Crippen molar-refractivity contribution >= 4 is 56.1 Å². The number of hydrogen-bond acceptors (Lipinski definition) is 7. The molecule has 0 aliphatic carbocycles. The molecule has 3 aromatic rings. The Morgan fingerprint density at radius 1 is 1.37 bits per heavy atom. The predicted molar refractivity (Wildman–Crippen MR) is 114 cm³/mol. The van der Waals surface area contributed by atoms with Gasteiger partial charge in [0, 0.05) is 25.1 Å². The number of carbonyl (C=O) groups is 1. The van der Waals surface area contributed by atoms with Crippen LogP contribution in [0.5, 0.6) is 0 Å². The van der Waals surface area contributed by atoms with E-state index in [1.807, 2.05) is 0 Å². The van der Waals surface area contributed by atoms with Gasteiger partial charge in [-0.05, 0) is 24.6 Å². The van der Waals surface area contributed by atoms with Gasteiger partial charge in [-0.3, -0.25) is 9.78 Å². The van der Waals surface area contributed by atoms with Gasteiger partial charge in [0.15, 0.2) is 0 Å². The van der Waals surface area contributed by atoms with Crippen LogP contribution in [-0.2, 0) is 15.0 Å². The van der Waals surface area contributed by atoms with Gasteiger partial charge in [-0.1, -0.05) is 11.6 Å². The lowest BCUT2D eigenvalue weighted by Crippen LogP contribution is -2.55. The number of halogens is 2. The Labute approximate surface area is 184 Å². The van der Waals surface area contributed by atoms with E-state index in [1.165, 1.54) is 41.9 Å². The van der Waals surface area contributed by atoms with E-state index in [1.54, 1.807) is 17.9 Å². The van der Waals surface area contributed by atoms with Gasteiger partial charge in [0.2, 0.25) is 5.91 Å². The van der Waals surface area contributed by atoms with Crippen LogP contribution in [0, 0.1) is 5.82 Å². The Hall–Kier alpha value is -1.96. The molecular formula is C17H15ClFN5O3S3. The molecule has 8 nitrogen and oxygen atoms in total. The Morgan fingerprint density at radius 2 is 2.17 bits per heavy atom. The number of benzene rings is 1. The van der Waals surface area contributed by atoms with Gasteiger partial charge in [0.1, 0.15) is 16.9 Å². The third kappa shape index (κ3) is 4.24. The molecule has 1 fully saturated rings. The van der Waals surface area contributed by atoms with Crippen LogP contribution in [0.25, 0.3) is 9.75 Å². The summed E-state index contributed by atoms with van der Waals surface area (Å²) in [5.74, 6) is -1.16. The molecule has 0 spiro atoms. The van der Waals surface area contributed by atoms with Crippen LogP contribution in [0.1, 0.15) is 17.5 Å². The molecule has 1 aromatic carbocycles. The summed E-state index contributed by atoms with van der Waals surface area (Å²) in [5, 5.41) is 3.01. The van der Waals surface area contributed by atoms with E-state index in [2.05, 4.69) is 20.0 Å². The summed E-state index contributed by atoms with van der Waals surface area (Å²) in [6.07, 6.45) is 3.55. The number of nitrogens with one attached hydrogen (secondary N) is 2. The van der Waals surface area contributed by atoms with Crippen LogP contribution in [-0.4, -0.2) is 41.7 Å². The van der Waals surface area contributed by atoms with Crippen LogP contribution in [0.4, 0.5) is 10.1 Å². The SMILES string of the molecule is CN1C(C(=O)Nc2ccc(F)c(Cl)c2)CC(c2ncc(-c3cncs3)s2)NS1(=O)=O. The van der Waals surface area contributed by atoms with Gasteiger partial charge in [-0.15, -0.1) is 22.7 Å². The van der Waals surface area contributed by atoms with E-state index >= 15 is 0 Å². The lowest BCUT2D eigenvalue weighted by molar-refractivity contribution is -0.120. The Balaban J connectivity index is 1.57. The first kappa shape index (κ1) is 21.3. The first-order valence-electron chi connectivity index (χ1n) is 8.60. The lowest BCUT2D eigenvalue weighted by Gasteiger charge is -2.35. The first-order chi connectivity index (χ1) is 14.2. The summed E-state index contributed by atoms with van der Waals surface area (Å²) >= 11 is 8.55. The second kappa shape index (κ2) is 8.29. The van der Waals surface area contributed by atoms with Gasteiger partial charge < -0.3 is 5.32 Å². The van der Waals surface area contributed by atoms with Crippen molar-refractivity contribution in [3.05, 3.63) is 52.0 Å². The van der Waals surface area contributed by atoms with Crippen LogP contribution >= 0.6 is 34.3 Å². The van der Waals surface area contributed by atoms with Crippen molar-refractivity contribution in [1.29, 1.82) is 0 Å². The normalized spacial score (nSPS) is 21.4. The van der Waals surface area contributed by atoms with Gasteiger partial charge >= 0.3 is 0 Å². The highest BCUT2D eigenvalue weighted by atomic mass is 35.5. The molecule has 0 radical (unpaired) electrons. The fraction of sp³-hybridized carbons (Fsp3) is 0.235. The quantitative estimate of drug-likeness (QED) is 0.587. The second-order valence-corrected chi connectivity index (χ2v) is 10.6. The number of carbonyl (C=O) groups excluding carboxylic acids is 1. The predicted octanol–water partition coefficient (Wildman–Crippen LogP) is 3.28. The minimum absolute atomic E-state index is 0.143. The third-order valence-corrected chi connectivity index (χ3v) is 8.52. The highest BCUT2D eigenvalue weighted by Gasteiger charge is 2.41. The molecule has 1 saturated heterocycles. The molecule has 3 heterocycles. The molecule has 13 heteroatoms. The van der Waals surface area contributed by atoms with Crippen LogP contribution in [0.2, 0.25) is 5.02 Å². The molecule has 2 atom stereocenters. The molecule has 1 aliphatic rings. The van der Waals surface area contributed by atoms with E-state index in [0.29, 0.717) is 5.01 Å². The van der Waals surface area contributed by atoms with E-state index in [4.69, 9.17) is 11.6 Å². The molecule has 2 unspecified atom stereocenters. The molecule has 1 amide bonds. The molecule has 2 aromatic heterocycles. The molecule has 0 saturated carbocycles. The Bertz CT molecular complexity index is 1190. The lowest BCUT2D eigenvalue weighted by atomic mass is 10.1. The van der Waals surface area contributed by atoms with Gasteiger partial charge in [-0.2, -0.15) is 17.4 Å². The fourth-order valence-corrected chi connectivity index (χ4v) is 6.16. The Kier molecular flexibility index (Phi) is 5.88. The minimum Gasteiger partial charge on any atom is -0.325 e. The average molecular weight is 488 g/mol. The van der Waals surface area contributed by atoms with Crippen LogP contribution < -0.4 is 10.0 Å². The minimum atomic E-state index is -3.91. The molecular weight excluding hydrogens is 473 g/mol. The van der Waals surface area contributed by atoms with Crippen LogP contribution in [0.15, 0.2) is 36.1 Å². The summed E-state index contributed by atoms with van der Waals surface area (Å²) in [6, 6.07) is 2.10. The number of thiazole rings is 2. The average Bonchev–Trinajstić information content (AvgIpc) is 3.38. The van der Waals surface area contributed by atoms with Gasteiger partial charge in [-0.25, -0.2) is 9.37 Å². The molecule has 2 N–H and O–H groups in total. The number of nitrogens with zero attached hydrogens (tertiary/aromatic N) is 3. The third-order valence-electron chi connectivity index (χ3n) is 4.55. The highest BCUT2D eigenvalue weighted by molar-refractivity contribution is 7.87. The summed E-state index contributed by atoms with van der Waals surface area (Å²) in [5.41, 5.74) is 1.98. The number of amides is 1. The Morgan fingerprint density at radius 3 is 2.87 bits per heavy atom. The highest BCUT2D eigenvalue weighted by Crippen LogP contribution is 2.35. The molecule has 158 valence electrons. The first-order valence-corrected chi connectivity index (χ1v) is 12.1. The monoisotopic (exact) mass is 487 g/mol. The zero-order valence-electron chi connectivity index (χ0n) is 15.4.